The van der Waals surface area contributed by atoms with Gasteiger partial charge in [-0.25, -0.2) is 17.9 Å². The van der Waals surface area contributed by atoms with Crippen LogP contribution in [0.3, 0.4) is 0 Å². The van der Waals surface area contributed by atoms with Gasteiger partial charge in [0, 0.05) is 33.1 Å². The summed E-state index contributed by atoms with van der Waals surface area (Å²) in [5, 5.41) is 8.68. The number of carboxylic acid groups (broad SMARTS) is 1. The molecule has 0 radical (unpaired) electrons. The largest absolute Gasteiger partial charge is 0.479 e. The van der Waals surface area contributed by atoms with Gasteiger partial charge in [0.25, 0.3) is 0 Å². The summed E-state index contributed by atoms with van der Waals surface area (Å²) in [5.74, 6) is -1.22. The van der Waals surface area contributed by atoms with Crippen LogP contribution >= 0.6 is 0 Å². The number of rotatable bonds is 6. The summed E-state index contributed by atoms with van der Waals surface area (Å²) >= 11 is 0. The van der Waals surface area contributed by atoms with Crippen LogP contribution in [0.25, 0.3) is 0 Å². The Morgan fingerprint density at radius 3 is 2.71 bits per heavy atom. The summed E-state index contributed by atoms with van der Waals surface area (Å²) in [6.07, 6.45) is 1.80. The molecule has 7 nitrogen and oxygen atoms in total. The number of hydrogen-bond acceptors (Lipinski definition) is 4. The summed E-state index contributed by atoms with van der Waals surface area (Å²) in [5.41, 5.74) is 0. The number of carboxylic acids is 1. The molecule has 0 saturated carbocycles. The van der Waals surface area contributed by atoms with E-state index in [-0.39, 0.29) is 11.4 Å². The maximum absolute atomic E-state index is 11.7. The minimum Gasteiger partial charge on any atom is -0.479 e. The van der Waals surface area contributed by atoms with Crippen molar-refractivity contribution in [2.24, 2.45) is 7.05 Å². The molecule has 0 amide bonds. The van der Waals surface area contributed by atoms with E-state index in [2.05, 4.69) is 9.46 Å². The number of ether oxygens (including phenoxy) is 1. The smallest absolute Gasteiger partial charge is 0.334 e. The minimum atomic E-state index is -3.69. The van der Waals surface area contributed by atoms with E-state index in [0.717, 1.165) is 0 Å². The molecule has 1 aromatic heterocycles. The fourth-order valence-electron chi connectivity index (χ4n) is 1.18. The Morgan fingerprint density at radius 1 is 1.65 bits per heavy atom. The van der Waals surface area contributed by atoms with Gasteiger partial charge in [0.05, 0.1) is 4.90 Å². The van der Waals surface area contributed by atoms with Crippen molar-refractivity contribution < 1.29 is 23.1 Å². The predicted octanol–water partition coefficient (Wildman–Crippen LogP) is -0.597. The van der Waals surface area contributed by atoms with Crippen LogP contribution in [0, 0.1) is 0 Å². The second kappa shape index (κ2) is 5.30. The molecule has 1 rings (SSSR count). The average molecular weight is 262 g/mol. The zero-order valence-electron chi connectivity index (χ0n) is 9.45. The standard InChI is InChI=1S/C9H14N2O5S/c1-11-4-3-7(6-11)17(14,15)10-5-8(16-2)9(12)13/h3-4,6,8,10H,5H2,1-2H3,(H,12,13). The van der Waals surface area contributed by atoms with Crippen molar-refractivity contribution in [1.82, 2.24) is 9.29 Å². The second-order valence-corrected chi connectivity index (χ2v) is 5.19. The Hall–Kier alpha value is -1.38. The maximum Gasteiger partial charge on any atom is 0.334 e. The summed E-state index contributed by atoms with van der Waals surface area (Å²) in [6.45, 7) is -0.316. The highest BCUT2D eigenvalue weighted by Gasteiger charge is 2.21. The van der Waals surface area contributed by atoms with Crippen LogP contribution < -0.4 is 4.72 Å². The molecular weight excluding hydrogens is 248 g/mol. The molecule has 0 spiro atoms. The predicted molar refractivity (Wildman–Crippen MR) is 59.0 cm³/mol. The van der Waals surface area contributed by atoms with Crippen molar-refractivity contribution in [1.29, 1.82) is 0 Å². The normalized spacial score (nSPS) is 13.5. The number of aliphatic carboxylic acids is 1. The summed E-state index contributed by atoms with van der Waals surface area (Å²) in [4.78, 5) is 10.7. The monoisotopic (exact) mass is 262 g/mol. The lowest BCUT2D eigenvalue weighted by molar-refractivity contribution is -0.147. The van der Waals surface area contributed by atoms with Crippen LogP contribution in [0.15, 0.2) is 23.4 Å². The van der Waals surface area contributed by atoms with Gasteiger partial charge in [-0.1, -0.05) is 0 Å². The van der Waals surface area contributed by atoms with Gasteiger partial charge in [-0.05, 0) is 6.07 Å². The molecule has 0 aliphatic rings. The number of nitrogens with zero attached hydrogens (tertiary/aromatic N) is 1. The Balaban J connectivity index is 2.71. The highest BCUT2D eigenvalue weighted by atomic mass is 32.2. The van der Waals surface area contributed by atoms with E-state index in [4.69, 9.17) is 5.11 Å². The van der Waals surface area contributed by atoms with Gasteiger partial charge in [0.2, 0.25) is 10.0 Å². The van der Waals surface area contributed by atoms with E-state index in [1.807, 2.05) is 0 Å². The molecule has 8 heteroatoms. The summed E-state index contributed by atoms with van der Waals surface area (Å²) in [6, 6.07) is 1.42. The zero-order valence-corrected chi connectivity index (χ0v) is 10.3. The van der Waals surface area contributed by atoms with E-state index in [1.165, 1.54) is 19.4 Å². The van der Waals surface area contributed by atoms with E-state index < -0.39 is 22.1 Å². The molecular formula is C9H14N2O5S. The first-order valence-corrected chi connectivity index (χ1v) is 6.22. The third kappa shape index (κ3) is 3.55. The van der Waals surface area contributed by atoms with E-state index in [1.54, 1.807) is 17.8 Å². The molecule has 0 saturated heterocycles. The number of methoxy groups -OCH3 is 1. The van der Waals surface area contributed by atoms with E-state index >= 15 is 0 Å². The quantitative estimate of drug-likeness (QED) is 0.713. The maximum atomic E-state index is 11.7. The van der Waals surface area contributed by atoms with E-state index in [0.29, 0.717) is 0 Å². The van der Waals surface area contributed by atoms with Crippen LogP contribution in [-0.2, 0) is 26.6 Å². The Bertz CT molecular complexity index is 493. The Kier molecular flexibility index (Phi) is 4.27. The lowest BCUT2D eigenvalue weighted by atomic mass is 10.4. The molecule has 1 atom stereocenters. The number of aromatic nitrogens is 1. The first-order valence-electron chi connectivity index (χ1n) is 4.74. The Labute approximate surface area is 99.1 Å². The topological polar surface area (TPSA) is 97.6 Å². The van der Waals surface area contributed by atoms with Gasteiger partial charge in [-0.15, -0.1) is 0 Å². The van der Waals surface area contributed by atoms with Crippen molar-refractivity contribution in [3.63, 3.8) is 0 Å². The van der Waals surface area contributed by atoms with Gasteiger partial charge >= 0.3 is 5.97 Å². The second-order valence-electron chi connectivity index (χ2n) is 3.43. The zero-order chi connectivity index (χ0) is 13.1. The fraction of sp³-hybridized carbons (Fsp3) is 0.444. The number of sulfonamides is 1. The molecule has 0 bridgehead atoms. The first-order chi connectivity index (χ1) is 7.86. The number of nitrogens with one attached hydrogen (secondary N) is 1. The molecule has 2 N–H and O–H groups in total. The van der Waals surface area contributed by atoms with Gasteiger partial charge < -0.3 is 14.4 Å². The highest BCUT2D eigenvalue weighted by Crippen LogP contribution is 2.08. The molecule has 0 aliphatic carbocycles. The number of hydrogen-bond donors (Lipinski definition) is 2. The van der Waals surface area contributed by atoms with Crippen LogP contribution in [0.4, 0.5) is 0 Å². The molecule has 0 aromatic carbocycles. The van der Waals surface area contributed by atoms with Gasteiger partial charge in [-0.3, -0.25) is 0 Å². The molecule has 0 fully saturated rings. The van der Waals surface area contributed by atoms with E-state index in [9.17, 15) is 13.2 Å². The fourth-order valence-corrected chi connectivity index (χ4v) is 2.26. The van der Waals surface area contributed by atoms with Crippen molar-refractivity contribution >= 4 is 16.0 Å². The average Bonchev–Trinajstić information content (AvgIpc) is 2.66. The minimum absolute atomic E-state index is 0.0836. The molecule has 1 aromatic rings. The SMILES string of the molecule is COC(CNS(=O)(=O)c1ccn(C)c1)C(=O)O. The van der Waals surface area contributed by atoms with Crippen molar-refractivity contribution in [3.05, 3.63) is 18.5 Å². The van der Waals surface area contributed by atoms with Gasteiger partial charge in [-0.2, -0.15) is 0 Å². The first kappa shape index (κ1) is 13.7. The summed E-state index contributed by atoms with van der Waals surface area (Å²) < 4.78 is 31.8. The lowest BCUT2D eigenvalue weighted by Crippen LogP contribution is -2.37. The third-order valence-corrected chi connectivity index (χ3v) is 3.54. The molecule has 1 heterocycles. The highest BCUT2D eigenvalue weighted by molar-refractivity contribution is 7.89. The molecule has 17 heavy (non-hydrogen) atoms. The number of carbonyl (C=O) groups is 1. The van der Waals surface area contributed by atoms with Crippen molar-refractivity contribution in [2.45, 2.75) is 11.0 Å². The molecule has 0 aliphatic heterocycles. The van der Waals surface area contributed by atoms with Crippen molar-refractivity contribution in [3.8, 4) is 0 Å². The van der Waals surface area contributed by atoms with Crippen LogP contribution in [0.2, 0.25) is 0 Å². The van der Waals surface area contributed by atoms with Crippen molar-refractivity contribution in [2.75, 3.05) is 13.7 Å². The molecule has 1 unspecified atom stereocenters. The van der Waals surface area contributed by atoms with Crippen LogP contribution in [-0.4, -0.2) is 43.8 Å². The molecule has 96 valence electrons. The van der Waals surface area contributed by atoms with Crippen LogP contribution in [0.1, 0.15) is 0 Å². The lowest BCUT2D eigenvalue weighted by Gasteiger charge is -2.11. The van der Waals surface area contributed by atoms with Gasteiger partial charge in [0.1, 0.15) is 0 Å². The number of aryl methyl sites for hydroxylation is 1. The van der Waals surface area contributed by atoms with Gasteiger partial charge in [0.15, 0.2) is 6.10 Å². The van der Waals surface area contributed by atoms with Crippen LogP contribution in [0.5, 0.6) is 0 Å². The summed E-state index contributed by atoms with van der Waals surface area (Å²) in [7, 11) is -0.800. The Morgan fingerprint density at radius 2 is 2.29 bits per heavy atom. The third-order valence-electron chi connectivity index (χ3n) is 2.13.